The van der Waals surface area contributed by atoms with Gasteiger partial charge in [0, 0.05) is 12.1 Å². The van der Waals surface area contributed by atoms with E-state index in [0.29, 0.717) is 40.8 Å². The van der Waals surface area contributed by atoms with E-state index >= 15 is 19.2 Å². The highest BCUT2D eigenvalue weighted by Gasteiger charge is 2.75. The number of anilines is 1. The molecule has 4 N–H and O–H groups in total. The number of morpholine rings is 1. The summed E-state index contributed by atoms with van der Waals surface area (Å²) in [6.45, 7) is 5.53. The molecule has 0 aromatic heterocycles. The average molecular weight is 913 g/mol. The highest BCUT2D eigenvalue weighted by molar-refractivity contribution is 6.24. The van der Waals surface area contributed by atoms with Crippen molar-refractivity contribution in [2.45, 2.75) is 86.7 Å². The van der Waals surface area contributed by atoms with Crippen LogP contribution < -0.4 is 20.3 Å². The Kier molecular flexibility index (Phi) is 13.3. The number of hydrogen-bond acceptors (Lipinski definition) is 9. The lowest BCUT2D eigenvalue weighted by atomic mass is 9.65. The van der Waals surface area contributed by atoms with Gasteiger partial charge in [0.25, 0.3) is 0 Å². The monoisotopic (exact) mass is 912 g/mol. The van der Waals surface area contributed by atoms with Crippen molar-refractivity contribution in [2.24, 2.45) is 5.92 Å². The lowest BCUT2D eigenvalue weighted by molar-refractivity contribution is -0.178. The molecule has 348 valence electrons. The lowest BCUT2D eigenvalue weighted by Gasteiger charge is -2.46. The summed E-state index contributed by atoms with van der Waals surface area (Å²) in [6, 6.07) is 36.1. The van der Waals surface area contributed by atoms with Gasteiger partial charge in [-0.1, -0.05) is 134 Å². The second-order valence-electron chi connectivity index (χ2n) is 18.1. The van der Waals surface area contributed by atoms with Crippen LogP contribution >= 0.6 is 0 Å². The molecule has 4 amide bonds. The zero-order valence-electron chi connectivity index (χ0n) is 38.1. The van der Waals surface area contributed by atoms with Gasteiger partial charge in [-0.3, -0.25) is 19.3 Å². The van der Waals surface area contributed by atoms with Crippen LogP contribution in [-0.4, -0.2) is 70.3 Å². The number of aliphatic hydroxyl groups excluding tert-OH is 1. The third kappa shape index (κ3) is 8.47. The van der Waals surface area contributed by atoms with Gasteiger partial charge >= 0.3 is 12.0 Å². The number of carbonyl (C=O) groups excluding carboxylic acids is 4. The summed E-state index contributed by atoms with van der Waals surface area (Å²) in [5, 5.41) is 27.3. The molecular weight excluding hydrogens is 857 g/mol. The van der Waals surface area contributed by atoms with Crippen LogP contribution in [-0.2, 0) is 24.5 Å². The molecule has 68 heavy (non-hydrogen) atoms. The number of esters is 1. The first-order chi connectivity index (χ1) is 33.1. The Morgan fingerprint density at radius 2 is 1.50 bits per heavy atom. The van der Waals surface area contributed by atoms with E-state index in [-0.39, 0.29) is 25.4 Å². The summed E-state index contributed by atoms with van der Waals surface area (Å²) >= 11 is 0. The molecule has 1 saturated carbocycles. The molecule has 12 heteroatoms. The molecule has 1 spiro atoms. The van der Waals surface area contributed by atoms with Gasteiger partial charge in [-0.05, 0) is 90.8 Å². The molecular formula is C56H56N4O8. The van der Waals surface area contributed by atoms with E-state index in [1.165, 1.54) is 6.08 Å². The number of nitrogens with zero attached hydrogens (tertiary/aromatic N) is 2. The van der Waals surface area contributed by atoms with E-state index < -0.39 is 71.0 Å². The van der Waals surface area contributed by atoms with Gasteiger partial charge in [0.05, 0.1) is 36.3 Å². The molecule has 0 radical (unpaired) electrons. The summed E-state index contributed by atoms with van der Waals surface area (Å²) in [5.41, 5.74) is 0.621. The van der Waals surface area contributed by atoms with Crippen molar-refractivity contribution in [3.05, 3.63) is 179 Å². The van der Waals surface area contributed by atoms with E-state index in [0.717, 1.165) is 41.7 Å². The van der Waals surface area contributed by atoms with Crippen LogP contribution in [0.2, 0.25) is 0 Å². The number of hydrogen-bond donors (Lipinski definition) is 4. The van der Waals surface area contributed by atoms with Gasteiger partial charge in [0.1, 0.15) is 35.5 Å². The fourth-order valence-corrected chi connectivity index (χ4v) is 10.9. The lowest BCUT2D eigenvalue weighted by Crippen LogP contribution is -2.56. The highest BCUT2D eigenvalue weighted by atomic mass is 16.6. The van der Waals surface area contributed by atoms with Gasteiger partial charge in [-0.25, -0.2) is 9.69 Å². The first-order valence-electron chi connectivity index (χ1n) is 23.5. The van der Waals surface area contributed by atoms with Crippen molar-refractivity contribution in [3.63, 3.8) is 0 Å². The molecule has 12 nitrogen and oxygen atoms in total. The Balaban J connectivity index is 1.33. The average Bonchev–Trinajstić information content (AvgIpc) is 3.70. The van der Waals surface area contributed by atoms with Crippen molar-refractivity contribution >= 4 is 29.5 Å². The Morgan fingerprint density at radius 1 is 0.853 bits per heavy atom. The molecule has 9 rings (SSSR count). The summed E-state index contributed by atoms with van der Waals surface area (Å²) in [6.07, 6.45) is 5.37. The molecule has 4 aliphatic rings. The number of amides is 4. The smallest absolute Gasteiger partial charge is 0.329 e. The Labute approximate surface area is 397 Å². The summed E-state index contributed by atoms with van der Waals surface area (Å²) in [7, 11) is 0. The first-order valence-corrected chi connectivity index (χ1v) is 23.5. The quantitative estimate of drug-likeness (QED) is 0.0447. The van der Waals surface area contributed by atoms with Crippen LogP contribution in [0.25, 0.3) is 0 Å². The fourth-order valence-electron chi connectivity index (χ4n) is 10.9. The molecule has 1 aliphatic carbocycles. The first kappa shape index (κ1) is 46.1. The van der Waals surface area contributed by atoms with Crippen molar-refractivity contribution in [2.75, 3.05) is 24.7 Å². The number of imide groups is 1. The minimum Gasteiger partial charge on any atom is -0.491 e. The third-order valence-electron chi connectivity index (χ3n) is 13.9. The number of carbonyl (C=O) groups is 4. The Hall–Kier alpha value is -7.04. The van der Waals surface area contributed by atoms with Crippen LogP contribution in [0, 0.1) is 17.8 Å². The molecule has 7 atom stereocenters. The van der Waals surface area contributed by atoms with E-state index in [1.54, 1.807) is 42.5 Å². The predicted molar refractivity (Wildman–Crippen MR) is 257 cm³/mol. The Morgan fingerprint density at radius 3 is 2.15 bits per heavy atom. The second kappa shape index (κ2) is 19.7. The van der Waals surface area contributed by atoms with Crippen LogP contribution in [0.1, 0.15) is 103 Å². The Bertz CT molecular complexity index is 2710. The normalized spacial score (nSPS) is 24.3. The number of urea groups is 1. The van der Waals surface area contributed by atoms with Gasteiger partial charge < -0.3 is 30.3 Å². The van der Waals surface area contributed by atoms with Crippen LogP contribution in [0.15, 0.2) is 146 Å². The zero-order valence-corrected chi connectivity index (χ0v) is 38.1. The fraction of sp³-hybridized carbons (Fsp3) is 0.321. The third-order valence-corrected chi connectivity index (χ3v) is 13.9. The highest BCUT2D eigenvalue weighted by Crippen LogP contribution is 2.66. The maximum atomic E-state index is 16.5. The molecule has 0 bridgehead atoms. The molecule has 0 unspecified atom stereocenters. The van der Waals surface area contributed by atoms with E-state index in [2.05, 4.69) is 29.1 Å². The van der Waals surface area contributed by atoms with Crippen LogP contribution in [0.4, 0.5) is 10.5 Å². The molecule has 3 aliphatic heterocycles. The van der Waals surface area contributed by atoms with E-state index in [1.807, 2.05) is 103 Å². The molecule has 5 aromatic rings. The second-order valence-corrected chi connectivity index (χ2v) is 18.1. The van der Waals surface area contributed by atoms with Gasteiger partial charge in [-0.2, -0.15) is 0 Å². The number of ether oxygens (including phenoxy) is 2. The SMILES string of the molecule is C=CCNC(=O)[C@H]1[C@@H]2C(=O)O[C@@H](c3ccccc3)[C@@H](c3ccccc3)N2[C@@H](c2ccc(OCCO)cc2)[C@]12C(=O)N(C(=O)N[C@H](C)c1ccccc1)c1ccc(C#CC3(O)CCCCCC3)cc12. The van der Waals surface area contributed by atoms with Crippen LogP contribution in [0.5, 0.6) is 5.75 Å². The number of fused-ring (bicyclic) bond motifs is 3. The standard InChI is InChI=1S/C56H56N4O8/c1-3-33-57-51(62)46-48-52(63)68-49(41-21-13-8-14-22-41)47(40-19-11-7-12-20-40)60(48)50(42-24-26-43(27-25-42)67-35-34-61)56(46)44-36-38(29-32-55(66)30-15-4-5-16-31-55)23-28-45(44)59(53(56)64)54(65)58-37(2)39-17-9-6-10-18-39/h3,6-14,17-28,36-37,46-50,61,66H,1,4-5,15-16,30-31,33-35H2,2H3,(H,57,62)(H,58,65)/t37-,46-,47-,48-,49+,50+,56-/m1/s1. The minimum atomic E-state index is -2.00. The topological polar surface area (TPSA) is 158 Å². The zero-order chi connectivity index (χ0) is 47.4. The summed E-state index contributed by atoms with van der Waals surface area (Å²) in [4.78, 5) is 65.4. The van der Waals surface area contributed by atoms with Crippen molar-refractivity contribution in [1.82, 2.24) is 15.5 Å². The molecule has 3 fully saturated rings. The van der Waals surface area contributed by atoms with Crippen LogP contribution in [0.3, 0.4) is 0 Å². The maximum Gasteiger partial charge on any atom is 0.329 e. The van der Waals surface area contributed by atoms with Crippen molar-refractivity contribution in [3.8, 4) is 17.6 Å². The van der Waals surface area contributed by atoms with Crippen molar-refractivity contribution < 1.29 is 38.9 Å². The number of rotatable bonds is 11. The number of nitrogens with one attached hydrogen (secondary N) is 2. The molecule has 3 heterocycles. The van der Waals surface area contributed by atoms with Gasteiger partial charge in [-0.15, -0.1) is 6.58 Å². The summed E-state index contributed by atoms with van der Waals surface area (Å²) in [5.74, 6) is 3.33. The molecule has 2 saturated heterocycles. The maximum absolute atomic E-state index is 16.5. The largest absolute Gasteiger partial charge is 0.491 e. The predicted octanol–water partition coefficient (Wildman–Crippen LogP) is 7.93. The van der Waals surface area contributed by atoms with E-state index in [9.17, 15) is 10.2 Å². The molecule has 5 aromatic carbocycles. The number of aliphatic hydroxyl groups is 2. The van der Waals surface area contributed by atoms with Gasteiger partial charge in [0.2, 0.25) is 11.8 Å². The van der Waals surface area contributed by atoms with Gasteiger partial charge in [0.15, 0.2) is 0 Å². The minimum absolute atomic E-state index is 0.0213. The number of cyclic esters (lactones) is 1. The van der Waals surface area contributed by atoms with Crippen molar-refractivity contribution in [1.29, 1.82) is 0 Å². The van der Waals surface area contributed by atoms with E-state index in [4.69, 9.17) is 9.47 Å². The summed E-state index contributed by atoms with van der Waals surface area (Å²) < 4.78 is 12.4. The number of benzene rings is 5.